The number of hydrogen-bond donors (Lipinski definition) is 3. The third-order valence-corrected chi connectivity index (χ3v) is 2.51. The van der Waals surface area contributed by atoms with Crippen molar-refractivity contribution in [1.29, 1.82) is 0 Å². The zero-order chi connectivity index (χ0) is 15.3. The summed E-state index contributed by atoms with van der Waals surface area (Å²) in [4.78, 5) is 36.0. The van der Waals surface area contributed by atoms with Crippen molar-refractivity contribution < 1.29 is 9.90 Å². The molecule has 112 valence electrons. The Morgan fingerprint density at radius 2 is 2.10 bits per heavy atom. The number of aromatic nitrogens is 2. The maximum Gasteiger partial charge on any atom is 0.265 e. The summed E-state index contributed by atoms with van der Waals surface area (Å²) < 4.78 is 0.915. The van der Waals surface area contributed by atoms with Gasteiger partial charge in [0.25, 0.3) is 11.1 Å². The Kier molecular flexibility index (Phi) is 5.23. The Morgan fingerprint density at radius 3 is 2.70 bits per heavy atom. The predicted molar refractivity (Wildman–Crippen MR) is 73.5 cm³/mol. The minimum Gasteiger partial charge on any atom is -0.387 e. The molecule has 8 nitrogen and oxygen atoms in total. The van der Waals surface area contributed by atoms with Gasteiger partial charge < -0.3 is 15.3 Å². The van der Waals surface area contributed by atoms with Crippen LogP contribution in [0.3, 0.4) is 0 Å². The van der Waals surface area contributed by atoms with Crippen LogP contribution in [-0.4, -0.2) is 58.5 Å². The number of likely N-dealkylation sites (N-methyl/N-ethyl adjacent to an activating group) is 1. The van der Waals surface area contributed by atoms with E-state index in [1.54, 1.807) is 11.8 Å². The third kappa shape index (κ3) is 5.37. The van der Waals surface area contributed by atoms with E-state index in [1.165, 1.54) is 0 Å². The lowest BCUT2D eigenvalue weighted by Gasteiger charge is -2.27. The fourth-order valence-electron chi connectivity index (χ4n) is 1.81. The molecule has 1 amide bonds. The highest BCUT2D eigenvalue weighted by molar-refractivity contribution is 5.75. The van der Waals surface area contributed by atoms with E-state index in [-0.39, 0.29) is 13.1 Å². The molecule has 1 rings (SSSR count). The van der Waals surface area contributed by atoms with Crippen molar-refractivity contribution in [3.63, 3.8) is 0 Å². The number of carbonyl (C=O) groups excluding carboxylic acids is 1. The van der Waals surface area contributed by atoms with Crippen molar-refractivity contribution in [2.45, 2.75) is 19.1 Å². The monoisotopic (exact) mass is 284 g/mol. The first-order valence-electron chi connectivity index (χ1n) is 6.13. The van der Waals surface area contributed by atoms with Crippen molar-refractivity contribution >= 4 is 5.91 Å². The van der Waals surface area contributed by atoms with E-state index in [1.807, 2.05) is 14.1 Å². The average Bonchev–Trinajstić information content (AvgIpc) is 2.30. The van der Waals surface area contributed by atoms with E-state index in [0.29, 0.717) is 6.54 Å². The van der Waals surface area contributed by atoms with Gasteiger partial charge in [0.2, 0.25) is 5.91 Å². The molecular formula is C12H20N4O4. The lowest BCUT2D eigenvalue weighted by molar-refractivity contribution is -0.123. The van der Waals surface area contributed by atoms with Crippen LogP contribution in [0.2, 0.25) is 0 Å². The van der Waals surface area contributed by atoms with Gasteiger partial charge in [0, 0.05) is 25.2 Å². The molecule has 0 spiro atoms. The number of rotatable bonds is 6. The van der Waals surface area contributed by atoms with E-state index in [0.717, 1.165) is 16.8 Å². The molecule has 20 heavy (non-hydrogen) atoms. The summed E-state index contributed by atoms with van der Waals surface area (Å²) in [5.74, 6) is -0.465. The molecule has 1 aromatic rings. The normalized spacial score (nSPS) is 14.1. The molecular weight excluding hydrogens is 264 g/mol. The van der Waals surface area contributed by atoms with Crippen LogP contribution < -0.4 is 16.4 Å². The number of nitrogens with zero attached hydrogens (tertiary/aromatic N) is 2. The van der Waals surface area contributed by atoms with E-state index in [4.69, 9.17) is 0 Å². The highest BCUT2D eigenvalue weighted by Crippen LogP contribution is 2.02. The fraction of sp³-hybridized carbons (Fsp3) is 0.583. The Balaban J connectivity index is 2.58. The summed E-state index contributed by atoms with van der Waals surface area (Å²) in [6.07, 6.45) is 0. The Bertz CT molecular complexity index is 573. The van der Waals surface area contributed by atoms with Gasteiger partial charge in [0.15, 0.2) is 0 Å². The fourth-order valence-corrected chi connectivity index (χ4v) is 1.81. The Hall–Kier alpha value is -1.93. The zero-order valence-corrected chi connectivity index (χ0v) is 11.8. The van der Waals surface area contributed by atoms with Gasteiger partial charge in [-0.25, -0.2) is 4.68 Å². The Morgan fingerprint density at radius 1 is 1.45 bits per heavy atom. The van der Waals surface area contributed by atoms with Crippen LogP contribution in [0.5, 0.6) is 0 Å². The van der Waals surface area contributed by atoms with Crippen LogP contribution in [0.15, 0.2) is 21.7 Å². The molecule has 0 aromatic carbocycles. The zero-order valence-electron chi connectivity index (χ0n) is 11.8. The van der Waals surface area contributed by atoms with Gasteiger partial charge in [-0.15, -0.1) is 0 Å². The molecule has 1 unspecified atom stereocenters. The lowest BCUT2D eigenvalue weighted by atomic mass is 10.1. The number of H-pyrrole nitrogens is 1. The van der Waals surface area contributed by atoms with Crippen LogP contribution in [-0.2, 0) is 11.3 Å². The van der Waals surface area contributed by atoms with Crippen LogP contribution in [0, 0.1) is 0 Å². The lowest BCUT2D eigenvalue weighted by Crippen LogP contribution is -2.48. The van der Waals surface area contributed by atoms with E-state index in [2.05, 4.69) is 10.4 Å². The summed E-state index contributed by atoms with van der Waals surface area (Å²) in [5.41, 5.74) is -2.01. The predicted octanol–water partition coefficient (Wildman–Crippen LogP) is -2.03. The Labute approximate surface area is 116 Å². The van der Waals surface area contributed by atoms with Crippen LogP contribution in [0.25, 0.3) is 0 Å². The van der Waals surface area contributed by atoms with Gasteiger partial charge in [-0.3, -0.25) is 19.5 Å². The number of aromatic amines is 1. The van der Waals surface area contributed by atoms with Crippen molar-refractivity contribution in [3.05, 3.63) is 32.8 Å². The number of hydrogen-bond acceptors (Lipinski definition) is 5. The van der Waals surface area contributed by atoms with Crippen molar-refractivity contribution in [2.24, 2.45) is 0 Å². The van der Waals surface area contributed by atoms with Crippen molar-refractivity contribution in [2.75, 3.05) is 27.2 Å². The number of aliphatic hydroxyl groups is 1. The summed E-state index contributed by atoms with van der Waals surface area (Å²) in [5, 5.41) is 14.8. The molecule has 1 heterocycles. The molecule has 0 aliphatic rings. The molecule has 0 saturated carbocycles. The standard InChI is InChI=1S/C12H20N4O4/c1-12(20,8-15(2)3)7-13-10(18)6-16-11(19)5-4-9(17)14-16/h4-5,20H,6-8H2,1-3H3,(H,13,18)(H,14,17). The molecule has 3 N–H and O–H groups in total. The van der Waals surface area contributed by atoms with Gasteiger partial charge in [-0.1, -0.05) is 0 Å². The van der Waals surface area contributed by atoms with Crippen molar-refractivity contribution in [1.82, 2.24) is 20.0 Å². The first-order chi connectivity index (χ1) is 9.19. The first-order valence-corrected chi connectivity index (χ1v) is 6.13. The molecule has 1 aromatic heterocycles. The van der Waals surface area contributed by atoms with Crippen LogP contribution in [0.1, 0.15) is 6.92 Å². The SMILES string of the molecule is CN(C)CC(C)(O)CNC(=O)Cn1[nH]c(=O)ccc1=O. The molecule has 8 heteroatoms. The molecule has 0 aliphatic carbocycles. The number of nitrogens with one attached hydrogen (secondary N) is 2. The second-order valence-corrected chi connectivity index (χ2v) is 5.25. The molecule has 0 fully saturated rings. The molecule has 0 bridgehead atoms. The van der Waals surface area contributed by atoms with Gasteiger partial charge in [0.1, 0.15) is 6.54 Å². The van der Waals surface area contributed by atoms with Crippen molar-refractivity contribution in [3.8, 4) is 0 Å². The van der Waals surface area contributed by atoms with Gasteiger partial charge in [-0.2, -0.15) is 0 Å². The largest absolute Gasteiger partial charge is 0.387 e. The molecule has 0 radical (unpaired) electrons. The number of carbonyl (C=O) groups is 1. The highest BCUT2D eigenvalue weighted by Gasteiger charge is 2.22. The van der Waals surface area contributed by atoms with Gasteiger partial charge in [-0.05, 0) is 21.0 Å². The second kappa shape index (κ2) is 6.49. The molecule has 1 atom stereocenters. The smallest absolute Gasteiger partial charge is 0.265 e. The summed E-state index contributed by atoms with van der Waals surface area (Å²) >= 11 is 0. The minimum atomic E-state index is -1.08. The molecule has 0 aliphatic heterocycles. The van der Waals surface area contributed by atoms with E-state index in [9.17, 15) is 19.5 Å². The average molecular weight is 284 g/mol. The van der Waals surface area contributed by atoms with Crippen LogP contribution >= 0.6 is 0 Å². The van der Waals surface area contributed by atoms with Crippen LogP contribution in [0.4, 0.5) is 0 Å². The first kappa shape index (κ1) is 16.1. The second-order valence-electron chi connectivity index (χ2n) is 5.25. The summed E-state index contributed by atoms with van der Waals surface area (Å²) in [6.45, 7) is 1.74. The van der Waals surface area contributed by atoms with Gasteiger partial charge in [0.05, 0.1) is 5.60 Å². The van der Waals surface area contributed by atoms with E-state index < -0.39 is 22.6 Å². The third-order valence-electron chi connectivity index (χ3n) is 2.51. The number of amides is 1. The summed E-state index contributed by atoms with van der Waals surface area (Å²) in [6, 6.07) is 2.19. The van der Waals surface area contributed by atoms with Gasteiger partial charge >= 0.3 is 0 Å². The molecule has 0 saturated heterocycles. The highest BCUT2D eigenvalue weighted by atomic mass is 16.3. The maximum absolute atomic E-state index is 11.7. The maximum atomic E-state index is 11.7. The minimum absolute atomic E-state index is 0.0514. The summed E-state index contributed by atoms with van der Waals surface area (Å²) in [7, 11) is 3.62. The quantitative estimate of drug-likeness (QED) is 0.558. The topological polar surface area (TPSA) is 107 Å². The van der Waals surface area contributed by atoms with E-state index >= 15 is 0 Å².